The lowest BCUT2D eigenvalue weighted by molar-refractivity contribution is 0.0705. The molecule has 4 rings (SSSR count). The Balaban J connectivity index is 1.49. The van der Waals surface area contributed by atoms with E-state index in [1.54, 1.807) is 36.7 Å². The van der Waals surface area contributed by atoms with E-state index in [0.29, 0.717) is 24.1 Å². The summed E-state index contributed by atoms with van der Waals surface area (Å²) in [5.74, 6) is 0.0243. The summed E-state index contributed by atoms with van der Waals surface area (Å²) in [7, 11) is 0. The zero-order valence-corrected chi connectivity index (χ0v) is 15.6. The SMILES string of the molecule is O=C(c1ccncc1)N1CCC[C@@H](c2cccc(Cc3ccccc3F)n2)C1. The van der Waals surface area contributed by atoms with Gasteiger partial charge in [-0.15, -0.1) is 0 Å². The van der Waals surface area contributed by atoms with Crippen molar-refractivity contribution < 1.29 is 9.18 Å². The number of nitrogens with zero attached hydrogens (tertiary/aromatic N) is 3. The third-order valence-corrected chi connectivity index (χ3v) is 5.21. The molecule has 0 aliphatic carbocycles. The Labute approximate surface area is 164 Å². The molecule has 3 aromatic rings. The Bertz CT molecular complexity index is 961. The van der Waals surface area contributed by atoms with Gasteiger partial charge in [0.15, 0.2) is 0 Å². The van der Waals surface area contributed by atoms with Crippen molar-refractivity contribution in [1.82, 2.24) is 14.9 Å². The van der Waals surface area contributed by atoms with Gasteiger partial charge in [0, 0.05) is 54.8 Å². The van der Waals surface area contributed by atoms with Crippen molar-refractivity contribution in [2.75, 3.05) is 13.1 Å². The molecule has 0 unspecified atom stereocenters. The van der Waals surface area contributed by atoms with Crippen LogP contribution >= 0.6 is 0 Å². The summed E-state index contributed by atoms with van der Waals surface area (Å²) in [6.45, 7) is 1.41. The van der Waals surface area contributed by atoms with E-state index in [2.05, 4.69) is 4.98 Å². The van der Waals surface area contributed by atoms with Crippen molar-refractivity contribution in [3.8, 4) is 0 Å². The summed E-state index contributed by atoms with van der Waals surface area (Å²) in [6, 6.07) is 16.2. The van der Waals surface area contributed by atoms with E-state index >= 15 is 0 Å². The van der Waals surface area contributed by atoms with Gasteiger partial charge in [0.1, 0.15) is 5.82 Å². The second-order valence-electron chi connectivity index (χ2n) is 7.15. The summed E-state index contributed by atoms with van der Waals surface area (Å²) < 4.78 is 14.0. The number of halogens is 1. The molecule has 142 valence electrons. The van der Waals surface area contributed by atoms with E-state index in [4.69, 9.17) is 4.98 Å². The number of aromatic nitrogens is 2. The molecule has 4 nitrogen and oxygen atoms in total. The molecule has 0 bridgehead atoms. The van der Waals surface area contributed by atoms with Crippen LogP contribution in [0.2, 0.25) is 0 Å². The third-order valence-electron chi connectivity index (χ3n) is 5.21. The summed E-state index contributed by atoms with van der Waals surface area (Å²) in [6.07, 6.45) is 5.69. The molecule has 1 aliphatic heterocycles. The average Bonchev–Trinajstić information content (AvgIpc) is 2.76. The summed E-state index contributed by atoms with van der Waals surface area (Å²) in [5, 5.41) is 0. The summed E-state index contributed by atoms with van der Waals surface area (Å²) in [4.78, 5) is 23.4. The van der Waals surface area contributed by atoms with Crippen LogP contribution in [0.5, 0.6) is 0 Å². The molecule has 1 atom stereocenters. The fourth-order valence-corrected chi connectivity index (χ4v) is 3.74. The molecule has 0 saturated carbocycles. The van der Waals surface area contributed by atoms with Gasteiger partial charge < -0.3 is 4.90 Å². The highest BCUT2D eigenvalue weighted by Crippen LogP contribution is 2.27. The topological polar surface area (TPSA) is 46.1 Å². The maximum absolute atomic E-state index is 14.0. The number of pyridine rings is 2. The third kappa shape index (κ3) is 4.09. The lowest BCUT2D eigenvalue weighted by atomic mass is 9.93. The molecule has 3 heterocycles. The van der Waals surface area contributed by atoms with Gasteiger partial charge in [-0.2, -0.15) is 0 Å². The fraction of sp³-hybridized carbons (Fsp3) is 0.261. The van der Waals surface area contributed by atoms with Gasteiger partial charge in [0.25, 0.3) is 5.91 Å². The first kappa shape index (κ1) is 18.3. The van der Waals surface area contributed by atoms with E-state index < -0.39 is 0 Å². The quantitative estimate of drug-likeness (QED) is 0.686. The van der Waals surface area contributed by atoms with Crippen molar-refractivity contribution >= 4 is 5.91 Å². The minimum Gasteiger partial charge on any atom is -0.338 e. The zero-order chi connectivity index (χ0) is 19.3. The average molecular weight is 375 g/mol. The number of piperidine rings is 1. The molecule has 0 spiro atoms. The van der Waals surface area contributed by atoms with Crippen molar-refractivity contribution in [2.24, 2.45) is 0 Å². The number of carbonyl (C=O) groups is 1. The van der Waals surface area contributed by atoms with E-state index in [0.717, 1.165) is 30.8 Å². The van der Waals surface area contributed by atoms with Crippen molar-refractivity contribution in [3.63, 3.8) is 0 Å². The Kier molecular flexibility index (Phi) is 5.42. The van der Waals surface area contributed by atoms with Crippen LogP contribution in [0.25, 0.3) is 0 Å². The molecule has 5 heteroatoms. The smallest absolute Gasteiger partial charge is 0.253 e. The number of likely N-dealkylation sites (tertiary alicyclic amines) is 1. The summed E-state index contributed by atoms with van der Waals surface area (Å²) in [5.41, 5.74) is 3.13. The van der Waals surface area contributed by atoms with Crippen molar-refractivity contribution in [3.05, 3.63) is 95.3 Å². The summed E-state index contributed by atoms with van der Waals surface area (Å²) >= 11 is 0. The van der Waals surface area contributed by atoms with Crippen molar-refractivity contribution in [1.29, 1.82) is 0 Å². The molecule has 28 heavy (non-hydrogen) atoms. The molecule has 0 N–H and O–H groups in total. The van der Waals surface area contributed by atoms with Crippen LogP contribution in [-0.4, -0.2) is 33.9 Å². The van der Waals surface area contributed by atoms with Crippen LogP contribution in [0.15, 0.2) is 67.0 Å². The lowest BCUT2D eigenvalue weighted by Crippen LogP contribution is -2.39. The van der Waals surface area contributed by atoms with E-state index in [9.17, 15) is 9.18 Å². The standard InChI is InChI=1S/C23H22FN3O/c24-21-8-2-1-5-18(21)15-20-7-3-9-22(26-20)19-6-4-14-27(16-19)23(28)17-10-12-25-13-11-17/h1-3,5,7-13,19H,4,6,14-16H2/t19-/m1/s1. The molecule has 1 aliphatic rings. The van der Waals surface area contributed by atoms with Gasteiger partial charge in [0.05, 0.1) is 0 Å². The van der Waals surface area contributed by atoms with Crippen molar-refractivity contribution in [2.45, 2.75) is 25.2 Å². The first-order chi connectivity index (χ1) is 13.7. The molecular weight excluding hydrogens is 353 g/mol. The molecule has 1 fully saturated rings. The molecule has 1 amide bonds. The predicted molar refractivity (Wildman–Crippen MR) is 106 cm³/mol. The van der Waals surface area contributed by atoms with E-state index in [1.807, 2.05) is 29.2 Å². The number of amides is 1. The highest BCUT2D eigenvalue weighted by atomic mass is 19.1. The Morgan fingerprint density at radius 3 is 2.71 bits per heavy atom. The zero-order valence-electron chi connectivity index (χ0n) is 15.6. The van der Waals surface area contributed by atoms with Gasteiger partial charge in [-0.25, -0.2) is 4.39 Å². The van der Waals surface area contributed by atoms with Crippen LogP contribution in [0, 0.1) is 5.82 Å². The molecule has 0 radical (unpaired) electrons. The number of rotatable bonds is 4. The first-order valence-electron chi connectivity index (χ1n) is 9.59. The Hall–Kier alpha value is -3.08. The highest BCUT2D eigenvalue weighted by molar-refractivity contribution is 5.94. The normalized spacial score (nSPS) is 16.8. The van der Waals surface area contributed by atoms with E-state index in [-0.39, 0.29) is 17.6 Å². The minimum absolute atomic E-state index is 0.0367. The highest BCUT2D eigenvalue weighted by Gasteiger charge is 2.26. The Morgan fingerprint density at radius 2 is 1.89 bits per heavy atom. The lowest BCUT2D eigenvalue weighted by Gasteiger charge is -2.32. The molecule has 1 aromatic carbocycles. The molecule has 1 saturated heterocycles. The second kappa shape index (κ2) is 8.30. The van der Waals surface area contributed by atoms with Gasteiger partial charge in [-0.05, 0) is 48.7 Å². The molecular formula is C23H22FN3O. The number of benzene rings is 1. The second-order valence-corrected chi connectivity index (χ2v) is 7.15. The number of hydrogen-bond acceptors (Lipinski definition) is 3. The maximum Gasteiger partial charge on any atom is 0.253 e. The minimum atomic E-state index is -0.207. The van der Waals surface area contributed by atoms with Gasteiger partial charge in [-0.1, -0.05) is 24.3 Å². The maximum atomic E-state index is 14.0. The van der Waals surface area contributed by atoms with Gasteiger partial charge >= 0.3 is 0 Å². The van der Waals surface area contributed by atoms with E-state index in [1.165, 1.54) is 6.07 Å². The Morgan fingerprint density at radius 1 is 1.07 bits per heavy atom. The largest absolute Gasteiger partial charge is 0.338 e. The number of carbonyl (C=O) groups excluding carboxylic acids is 1. The van der Waals surface area contributed by atoms with Gasteiger partial charge in [-0.3, -0.25) is 14.8 Å². The van der Waals surface area contributed by atoms with Crippen LogP contribution in [0.3, 0.4) is 0 Å². The monoisotopic (exact) mass is 375 g/mol. The fourth-order valence-electron chi connectivity index (χ4n) is 3.74. The van der Waals surface area contributed by atoms with Crippen LogP contribution in [-0.2, 0) is 6.42 Å². The van der Waals surface area contributed by atoms with Gasteiger partial charge in [0.2, 0.25) is 0 Å². The number of hydrogen-bond donors (Lipinski definition) is 0. The molecule has 2 aromatic heterocycles. The van der Waals surface area contributed by atoms with Crippen LogP contribution in [0.1, 0.15) is 46.1 Å². The predicted octanol–water partition coefficient (Wildman–Crippen LogP) is 4.23. The first-order valence-corrected chi connectivity index (χ1v) is 9.59. The van der Waals surface area contributed by atoms with Crippen LogP contribution < -0.4 is 0 Å². The van der Waals surface area contributed by atoms with Crippen LogP contribution in [0.4, 0.5) is 4.39 Å².